The van der Waals surface area contributed by atoms with E-state index in [0.717, 1.165) is 31.4 Å². The number of carboxylic acids is 1. The largest absolute Gasteiger partial charge is 0.477 e. The molecular weight excluding hydrogens is 1030 g/mol. The lowest BCUT2D eigenvalue weighted by atomic mass is 9.78. The van der Waals surface area contributed by atoms with Crippen LogP contribution in [-0.2, 0) is 47.5 Å². The summed E-state index contributed by atoms with van der Waals surface area (Å²) in [7, 11) is 5.17. The molecule has 79 heavy (non-hydrogen) atoms. The molecule has 8 N–H and O–H groups in total. The van der Waals surface area contributed by atoms with Crippen molar-refractivity contribution in [1.82, 2.24) is 20.1 Å². The van der Waals surface area contributed by atoms with Crippen molar-refractivity contribution in [2.45, 2.75) is 223 Å². The first-order valence-corrected chi connectivity index (χ1v) is 28.3. The maximum absolute atomic E-state index is 14.5. The Morgan fingerprint density at radius 1 is 0.911 bits per heavy atom. The minimum absolute atomic E-state index is 0.0158. The molecule has 0 bridgehead atoms. The number of aliphatic hydroxyl groups excluding tert-OH is 2. The van der Waals surface area contributed by atoms with Gasteiger partial charge >= 0.3 is 17.9 Å². The van der Waals surface area contributed by atoms with Crippen molar-refractivity contribution in [3.8, 4) is 0 Å². The van der Waals surface area contributed by atoms with Crippen molar-refractivity contribution in [3.63, 3.8) is 0 Å². The zero-order valence-corrected chi connectivity index (χ0v) is 48.6. The molecule has 4 heterocycles. The van der Waals surface area contributed by atoms with Crippen molar-refractivity contribution < 1.29 is 77.9 Å². The predicted molar refractivity (Wildman–Crippen MR) is 292 cm³/mol. The number of hydrogen-bond donors (Lipinski definition) is 8. The third-order valence-electron chi connectivity index (χ3n) is 16.7. The van der Waals surface area contributed by atoms with E-state index in [2.05, 4.69) is 16.0 Å². The van der Waals surface area contributed by atoms with Crippen molar-refractivity contribution in [2.24, 2.45) is 17.8 Å². The van der Waals surface area contributed by atoms with Gasteiger partial charge in [0.2, 0.25) is 11.3 Å². The Kier molecular flexibility index (Phi) is 21.6. The second kappa shape index (κ2) is 26.7. The molecular formula is C57H91N5O17. The fraction of sp³-hybridized carbons (Fsp3) is 0.772. The summed E-state index contributed by atoms with van der Waals surface area (Å²) in [6.07, 6.45) is -5.45. The van der Waals surface area contributed by atoms with Gasteiger partial charge in [-0.15, -0.1) is 0 Å². The highest BCUT2D eigenvalue weighted by molar-refractivity contribution is 5.93. The van der Waals surface area contributed by atoms with E-state index in [-0.39, 0.29) is 49.4 Å². The quantitative estimate of drug-likeness (QED) is 0.0732. The monoisotopic (exact) mass is 1120 g/mol. The van der Waals surface area contributed by atoms with Crippen LogP contribution in [0.1, 0.15) is 143 Å². The van der Waals surface area contributed by atoms with Crippen LogP contribution in [0.2, 0.25) is 0 Å². The number of rotatable bonds is 19. The summed E-state index contributed by atoms with van der Waals surface area (Å²) in [4.78, 5) is 68.1. The molecule has 2 aromatic rings. The number of methoxy groups -OCH3 is 1. The van der Waals surface area contributed by atoms with Gasteiger partial charge in [-0.05, 0) is 132 Å². The van der Waals surface area contributed by atoms with Crippen molar-refractivity contribution >= 4 is 40.4 Å². The number of likely N-dealkylation sites (N-methyl/N-ethyl adjacent to an activating group) is 1. The Bertz CT molecular complexity index is 2470. The van der Waals surface area contributed by atoms with Gasteiger partial charge in [0.05, 0.1) is 59.9 Å². The zero-order valence-electron chi connectivity index (χ0n) is 48.6. The first-order valence-electron chi connectivity index (χ1n) is 28.3. The third kappa shape index (κ3) is 15.2. The van der Waals surface area contributed by atoms with Crippen LogP contribution in [0, 0.1) is 17.8 Å². The van der Waals surface area contributed by atoms with Crippen LogP contribution >= 0.6 is 0 Å². The summed E-state index contributed by atoms with van der Waals surface area (Å²) >= 11 is 0. The molecule has 0 unspecified atom stereocenters. The van der Waals surface area contributed by atoms with Gasteiger partial charge in [0, 0.05) is 67.9 Å². The summed E-state index contributed by atoms with van der Waals surface area (Å²) in [5.41, 5.74) is -4.26. The molecule has 4 fully saturated rings. The van der Waals surface area contributed by atoms with Crippen LogP contribution in [0.5, 0.6) is 0 Å². The van der Waals surface area contributed by atoms with Gasteiger partial charge in [0.1, 0.15) is 29.0 Å². The van der Waals surface area contributed by atoms with Crippen molar-refractivity contribution in [1.29, 1.82) is 0 Å². The molecule has 6 rings (SSSR count). The molecule has 0 radical (unpaired) electrons. The molecule has 1 aromatic heterocycles. The minimum atomic E-state index is -2.08. The molecule has 3 aliphatic heterocycles. The number of nitrogens with zero attached hydrogens (tertiary/aromatic N) is 2. The van der Waals surface area contributed by atoms with Crippen LogP contribution in [0.3, 0.4) is 0 Å². The second-order valence-electron chi connectivity index (χ2n) is 23.7. The number of cyclic esters (lactones) is 1. The highest BCUT2D eigenvalue weighted by atomic mass is 16.7. The van der Waals surface area contributed by atoms with Crippen molar-refractivity contribution in [3.05, 3.63) is 40.2 Å². The maximum atomic E-state index is 14.5. The Hall–Kier alpha value is -4.33. The SMILES string of the molecule is CC[C@H]1OC(=O)[C@H](C)[C@@H](O[C@H]2C[C@@](C)(OC)[C@@H](OC(=O)CCNCCCCNc3ccc4c(=O)c(C(=O)O)cn(C5CC5)c4c3)[C@H](C)O2)[C@H](C)[C@@H](O[C@@H]2O[C@H](C)C[C@H](N(C)C)[C@H]2O)[C@](C)(O)C[C@@H](C)NC(=O)[C@H](C)[C@@H](O)[C@]1(C)O. The Morgan fingerprint density at radius 3 is 2.23 bits per heavy atom. The maximum Gasteiger partial charge on any atom is 0.341 e. The molecule has 1 amide bonds. The van der Waals surface area contributed by atoms with Gasteiger partial charge in [0.25, 0.3) is 0 Å². The number of hydrogen-bond acceptors (Lipinski definition) is 19. The van der Waals surface area contributed by atoms with E-state index in [1.807, 2.05) is 36.6 Å². The lowest BCUT2D eigenvalue weighted by Crippen LogP contribution is -2.61. The summed E-state index contributed by atoms with van der Waals surface area (Å²) in [6.45, 7) is 18.0. The van der Waals surface area contributed by atoms with Crippen LogP contribution in [0.4, 0.5) is 5.69 Å². The number of amides is 1. The smallest absolute Gasteiger partial charge is 0.341 e. The number of carboxylic acid groups (broad SMARTS) is 1. The van der Waals surface area contributed by atoms with Crippen molar-refractivity contribution in [2.75, 3.05) is 46.2 Å². The number of pyridine rings is 1. The van der Waals surface area contributed by atoms with E-state index >= 15 is 0 Å². The second-order valence-corrected chi connectivity index (χ2v) is 23.7. The molecule has 3 saturated heterocycles. The van der Waals surface area contributed by atoms with E-state index in [0.29, 0.717) is 37.0 Å². The topological polar surface area (TPSA) is 295 Å². The van der Waals surface area contributed by atoms with Gasteiger partial charge < -0.3 is 84.1 Å². The number of benzene rings is 1. The summed E-state index contributed by atoms with van der Waals surface area (Å²) in [6, 6.07) is 4.43. The Labute approximate surface area is 464 Å². The third-order valence-corrected chi connectivity index (χ3v) is 16.7. The minimum Gasteiger partial charge on any atom is -0.477 e. The van der Waals surface area contributed by atoms with Gasteiger partial charge in [-0.2, -0.15) is 0 Å². The number of carbonyl (C=O) groups is 4. The average Bonchev–Trinajstić information content (AvgIpc) is 4.27. The van der Waals surface area contributed by atoms with E-state index in [1.165, 1.54) is 34.1 Å². The molecule has 4 aliphatic rings. The van der Waals surface area contributed by atoms with Gasteiger partial charge in [-0.25, -0.2) is 4.79 Å². The van der Waals surface area contributed by atoms with Gasteiger partial charge in [0.15, 0.2) is 18.7 Å². The lowest BCUT2D eigenvalue weighted by molar-refractivity contribution is -0.318. The Morgan fingerprint density at radius 2 is 1.59 bits per heavy atom. The molecule has 1 saturated carbocycles. The van der Waals surface area contributed by atoms with E-state index in [1.54, 1.807) is 53.7 Å². The molecule has 1 aliphatic carbocycles. The van der Waals surface area contributed by atoms with Crippen LogP contribution in [-0.4, -0.2) is 190 Å². The van der Waals surface area contributed by atoms with E-state index in [4.69, 9.17) is 33.2 Å². The zero-order chi connectivity index (χ0) is 58.5. The fourth-order valence-electron chi connectivity index (χ4n) is 11.9. The number of ether oxygens (including phenoxy) is 7. The number of aromatic carboxylic acids is 1. The molecule has 1 aromatic carbocycles. The number of aromatic nitrogens is 1. The van der Waals surface area contributed by atoms with E-state index in [9.17, 15) is 49.5 Å². The standard InChI is InChI=1S/C57H91N5O17/c1-14-42-57(10,72)48(66)34(6)51(67)60-30(2)27-55(8,71)49(79-54-46(65)41(61(11)12)25-31(3)74-54)32(4)47(33(5)53(70)76-42)78-44-28-56(9,73-13)50(35(7)75-44)77-43(63)21-24-58-22-15-16-23-59-36-17-20-38-40(26-36)62(37-18-19-37)29-39(45(38)64)52(68)69/h17,20,26,29-35,37,41-42,44,46-50,54,58-59,65-66,71-72H,14-16,18-19,21-25,27-28H2,1-13H3,(H,60,67)(H,68,69)/t30-,31-,32+,33-,34-,35+,41+,42-,44+,46-,47+,48-,49-,50+,54+,55-,56-,57-/m1/s1. The number of anilines is 1. The van der Waals surface area contributed by atoms with Crippen LogP contribution in [0.25, 0.3) is 10.9 Å². The summed E-state index contributed by atoms with van der Waals surface area (Å²) in [5, 5.41) is 67.1. The molecule has 22 nitrogen and oxygen atoms in total. The molecule has 18 atom stereocenters. The van der Waals surface area contributed by atoms with E-state index < -0.39 is 125 Å². The highest BCUT2D eigenvalue weighted by Crippen LogP contribution is 2.41. The Balaban J connectivity index is 1.12. The molecule has 22 heteroatoms. The number of esters is 2. The van der Waals surface area contributed by atoms with Gasteiger partial charge in [-0.1, -0.05) is 20.8 Å². The summed E-state index contributed by atoms with van der Waals surface area (Å²) < 4.78 is 46.4. The number of nitrogens with one attached hydrogen (secondary N) is 3. The lowest BCUT2D eigenvalue weighted by Gasteiger charge is -2.49. The number of carbonyl (C=O) groups excluding carboxylic acids is 3. The fourth-order valence-corrected chi connectivity index (χ4v) is 11.9. The van der Waals surface area contributed by atoms with Gasteiger partial charge in [-0.3, -0.25) is 19.2 Å². The summed E-state index contributed by atoms with van der Waals surface area (Å²) in [5.74, 6) is -6.39. The molecule has 446 valence electrons. The molecule has 0 spiro atoms. The van der Waals surface area contributed by atoms with Crippen LogP contribution < -0.4 is 21.4 Å². The first-order chi connectivity index (χ1) is 37.0. The highest BCUT2D eigenvalue weighted by Gasteiger charge is 2.54. The number of fused-ring (bicyclic) bond motifs is 1. The number of aliphatic hydroxyl groups is 4. The normalized spacial score (nSPS) is 37.2. The number of unbranched alkanes of at least 4 members (excludes halogenated alkanes) is 1. The van der Waals surface area contributed by atoms with Crippen LogP contribution in [0.15, 0.2) is 29.2 Å². The average molecular weight is 1120 g/mol. The first kappa shape index (κ1) is 63.8. The predicted octanol–water partition coefficient (Wildman–Crippen LogP) is 3.86.